The second-order valence-corrected chi connectivity index (χ2v) is 5.18. The molecule has 3 heteroatoms. The third-order valence-corrected chi connectivity index (χ3v) is 3.32. The van der Waals surface area contributed by atoms with Gasteiger partial charge in [-0.2, -0.15) is 0 Å². The predicted octanol–water partition coefficient (Wildman–Crippen LogP) is 2.31. The van der Waals surface area contributed by atoms with Crippen molar-refractivity contribution in [2.75, 3.05) is 6.54 Å². The molecule has 1 fully saturated rings. The second-order valence-electron chi connectivity index (χ2n) is 5.18. The van der Waals surface area contributed by atoms with Gasteiger partial charge in [0.15, 0.2) is 0 Å². The van der Waals surface area contributed by atoms with E-state index >= 15 is 0 Å². The monoisotopic (exact) mass is 246 g/mol. The van der Waals surface area contributed by atoms with Gasteiger partial charge in [0.2, 0.25) is 5.91 Å². The minimum absolute atomic E-state index is 0.168. The maximum Gasteiger partial charge on any atom is 0.221 e. The highest BCUT2D eigenvalue weighted by atomic mass is 16.1. The van der Waals surface area contributed by atoms with Crippen molar-refractivity contribution in [2.45, 2.75) is 45.2 Å². The summed E-state index contributed by atoms with van der Waals surface area (Å²) < 4.78 is 0. The number of nitrogens with one attached hydrogen (secondary N) is 2. The molecule has 1 atom stereocenters. The number of amides is 1. The van der Waals surface area contributed by atoms with Crippen molar-refractivity contribution in [3.63, 3.8) is 0 Å². The fourth-order valence-electron chi connectivity index (χ4n) is 1.90. The highest BCUT2D eigenvalue weighted by Crippen LogP contribution is 2.18. The molecular formula is C15H22N2O. The Morgan fingerprint density at radius 2 is 2.00 bits per heavy atom. The summed E-state index contributed by atoms with van der Waals surface area (Å²) in [7, 11) is 0. The SMILES string of the molecule is Cc1ccc([C@H](C)NCCC(=O)NC2CC2)cc1. The van der Waals surface area contributed by atoms with Crippen molar-refractivity contribution < 1.29 is 4.79 Å². The molecule has 0 aromatic heterocycles. The second kappa shape index (κ2) is 6.01. The molecule has 1 saturated carbocycles. The number of hydrogen-bond donors (Lipinski definition) is 2. The van der Waals surface area contributed by atoms with Gasteiger partial charge in [-0.25, -0.2) is 0 Å². The first-order valence-electron chi connectivity index (χ1n) is 6.74. The molecule has 1 aromatic rings. The number of benzene rings is 1. The molecule has 18 heavy (non-hydrogen) atoms. The van der Waals surface area contributed by atoms with Gasteiger partial charge in [-0.05, 0) is 32.3 Å². The van der Waals surface area contributed by atoms with E-state index in [2.05, 4.69) is 48.7 Å². The molecule has 1 aromatic carbocycles. The molecule has 0 aliphatic heterocycles. The summed E-state index contributed by atoms with van der Waals surface area (Å²) in [5, 5.41) is 6.38. The van der Waals surface area contributed by atoms with E-state index in [-0.39, 0.29) is 5.91 Å². The van der Waals surface area contributed by atoms with Gasteiger partial charge in [-0.3, -0.25) is 4.79 Å². The molecule has 0 saturated heterocycles. The maximum atomic E-state index is 11.5. The van der Waals surface area contributed by atoms with Gasteiger partial charge in [0.1, 0.15) is 0 Å². The zero-order valence-electron chi connectivity index (χ0n) is 11.2. The molecule has 1 amide bonds. The zero-order chi connectivity index (χ0) is 13.0. The Balaban J connectivity index is 1.68. The molecule has 2 N–H and O–H groups in total. The van der Waals surface area contributed by atoms with Crippen LogP contribution in [0.2, 0.25) is 0 Å². The molecule has 3 nitrogen and oxygen atoms in total. The smallest absolute Gasteiger partial charge is 0.221 e. The predicted molar refractivity (Wildman–Crippen MR) is 73.4 cm³/mol. The highest BCUT2D eigenvalue weighted by Gasteiger charge is 2.22. The fourth-order valence-corrected chi connectivity index (χ4v) is 1.90. The van der Waals surface area contributed by atoms with Crippen molar-refractivity contribution in [2.24, 2.45) is 0 Å². The average Bonchev–Trinajstić information content (AvgIpc) is 3.13. The lowest BCUT2D eigenvalue weighted by Gasteiger charge is -2.14. The van der Waals surface area contributed by atoms with Crippen LogP contribution in [0.5, 0.6) is 0 Å². The quantitative estimate of drug-likeness (QED) is 0.808. The minimum Gasteiger partial charge on any atom is -0.353 e. The first-order chi connectivity index (χ1) is 8.65. The minimum atomic E-state index is 0.168. The number of carbonyl (C=O) groups is 1. The lowest BCUT2D eigenvalue weighted by Crippen LogP contribution is -2.30. The molecule has 0 bridgehead atoms. The first kappa shape index (κ1) is 13.1. The third-order valence-electron chi connectivity index (χ3n) is 3.32. The maximum absolute atomic E-state index is 11.5. The van der Waals surface area contributed by atoms with E-state index in [0.29, 0.717) is 18.5 Å². The van der Waals surface area contributed by atoms with Gasteiger partial charge in [-0.1, -0.05) is 29.8 Å². The van der Waals surface area contributed by atoms with Crippen LogP contribution in [-0.2, 0) is 4.79 Å². The van der Waals surface area contributed by atoms with E-state index in [9.17, 15) is 4.79 Å². The van der Waals surface area contributed by atoms with E-state index in [1.807, 2.05) is 0 Å². The van der Waals surface area contributed by atoms with E-state index < -0.39 is 0 Å². The Kier molecular flexibility index (Phi) is 4.37. The third kappa shape index (κ3) is 4.15. The zero-order valence-corrected chi connectivity index (χ0v) is 11.2. The van der Waals surface area contributed by atoms with Crippen molar-refractivity contribution in [1.29, 1.82) is 0 Å². The Hall–Kier alpha value is -1.35. The number of carbonyl (C=O) groups excluding carboxylic acids is 1. The van der Waals surface area contributed by atoms with E-state index in [1.54, 1.807) is 0 Å². The summed E-state index contributed by atoms with van der Waals surface area (Å²) in [5.74, 6) is 0.168. The standard InChI is InChI=1S/C15H22N2O/c1-11-3-5-13(6-4-11)12(2)16-10-9-15(18)17-14-7-8-14/h3-6,12,14,16H,7-10H2,1-2H3,(H,17,18)/t12-/m0/s1. The summed E-state index contributed by atoms with van der Waals surface area (Å²) >= 11 is 0. The Labute approximate surface area is 109 Å². The molecule has 0 unspecified atom stereocenters. The summed E-state index contributed by atoms with van der Waals surface area (Å²) in [6.45, 7) is 4.95. The summed E-state index contributed by atoms with van der Waals surface area (Å²) in [4.78, 5) is 11.5. The van der Waals surface area contributed by atoms with Crippen LogP contribution < -0.4 is 10.6 Å². The lowest BCUT2D eigenvalue weighted by molar-refractivity contribution is -0.121. The number of aryl methyl sites for hydroxylation is 1. The van der Waals surface area contributed by atoms with E-state index in [1.165, 1.54) is 11.1 Å². The van der Waals surface area contributed by atoms with Crippen LogP contribution in [-0.4, -0.2) is 18.5 Å². The van der Waals surface area contributed by atoms with Gasteiger partial charge >= 0.3 is 0 Å². The Morgan fingerprint density at radius 1 is 1.33 bits per heavy atom. The molecule has 0 spiro atoms. The summed E-state index contributed by atoms with van der Waals surface area (Å²) in [5.41, 5.74) is 2.54. The van der Waals surface area contributed by atoms with Gasteiger partial charge in [0, 0.05) is 25.0 Å². The van der Waals surface area contributed by atoms with Crippen LogP contribution in [0.15, 0.2) is 24.3 Å². The summed E-state index contributed by atoms with van der Waals surface area (Å²) in [6.07, 6.45) is 2.87. The normalized spacial score (nSPS) is 16.3. The van der Waals surface area contributed by atoms with E-state index in [4.69, 9.17) is 0 Å². The Morgan fingerprint density at radius 3 is 2.61 bits per heavy atom. The molecular weight excluding hydrogens is 224 g/mol. The molecule has 98 valence electrons. The Bertz CT molecular complexity index is 395. The largest absolute Gasteiger partial charge is 0.353 e. The van der Waals surface area contributed by atoms with Crippen LogP contribution in [0.4, 0.5) is 0 Å². The van der Waals surface area contributed by atoms with Crippen molar-refractivity contribution in [1.82, 2.24) is 10.6 Å². The van der Waals surface area contributed by atoms with Crippen molar-refractivity contribution in [3.8, 4) is 0 Å². The van der Waals surface area contributed by atoms with Crippen molar-refractivity contribution in [3.05, 3.63) is 35.4 Å². The molecule has 1 aliphatic carbocycles. The van der Waals surface area contributed by atoms with Crippen LogP contribution in [0, 0.1) is 6.92 Å². The highest BCUT2D eigenvalue weighted by molar-refractivity contribution is 5.76. The molecule has 2 rings (SSSR count). The van der Waals surface area contributed by atoms with Gasteiger partial charge in [0.05, 0.1) is 0 Å². The average molecular weight is 246 g/mol. The molecule has 0 radical (unpaired) electrons. The number of hydrogen-bond acceptors (Lipinski definition) is 2. The van der Waals surface area contributed by atoms with Crippen LogP contribution in [0.3, 0.4) is 0 Å². The van der Waals surface area contributed by atoms with Crippen LogP contribution >= 0.6 is 0 Å². The lowest BCUT2D eigenvalue weighted by atomic mass is 10.1. The molecule has 1 aliphatic rings. The topological polar surface area (TPSA) is 41.1 Å². The molecule has 0 heterocycles. The first-order valence-corrected chi connectivity index (χ1v) is 6.74. The van der Waals surface area contributed by atoms with Crippen molar-refractivity contribution >= 4 is 5.91 Å². The van der Waals surface area contributed by atoms with Crippen LogP contribution in [0.1, 0.15) is 43.4 Å². The van der Waals surface area contributed by atoms with Gasteiger partial charge in [0.25, 0.3) is 0 Å². The van der Waals surface area contributed by atoms with Gasteiger partial charge in [-0.15, -0.1) is 0 Å². The fraction of sp³-hybridized carbons (Fsp3) is 0.533. The number of rotatable bonds is 6. The van der Waals surface area contributed by atoms with Gasteiger partial charge < -0.3 is 10.6 Å². The summed E-state index contributed by atoms with van der Waals surface area (Å²) in [6, 6.07) is 9.26. The van der Waals surface area contributed by atoms with Crippen LogP contribution in [0.25, 0.3) is 0 Å². The van der Waals surface area contributed by atoms with E-state index in [0.717, 1.165) is 19.4 Å².